The maximum atomic E-state index is 13.0. The molecule has 2 N–H and O–H groups in total. The smallest absolute Gasteiger partial charge is 0.233 e. The predicted octanol–water partition coefficient (Wildman–Crippen LogP) is 3.07. The minimum Gasteiger partial charge on any atom is -0.391 e. The van der Waals surface area contributed by atoms with Crippen molar-refractivity contribution in [2.24, 2.45) is 0 Å². The molecule has 0 saturated carbocycles. The minimum atomic E-state index is -0.386. The van der Waals surface area contributed by atoms with Crippen molar-refractivity contribution in [1.29, 1.82) is 0 Å². The fourth-order valence-electron chi connectivity index (χ4n) is 4.54. The van der Waals surface area contributed by atoms with Crippen molar-refractivity contribution in [3.63, 3.8) is 0 Å². The summed E-state index contributed by atoms with van der Waals surface area (Å²) in [7, 11) is 0. The van der Waals surface area contributed by atoms with Crippen LogP contribution in [0, 0.1) is 13.8 Å². The summed E-state index contributed by atoms with van der Waals surface area (Å²) in [6.07, 6.45) is 0.646. The number of aryl methyl sites for hydroxylation is 2. The molecule has 5 rings (SSSR count). The van der Waals surface area contributed by atoms with E-state index in [0.717, 1.165) is 22.4 Å². The van der Waals surface area contributed by atoms with Crippen molar-refractivity contribution >= 4 is 29.3 Å². The van der Waals surface area contributed by atoms with Gasteiger partial charge in [-0.2, -0.15) is 15.0 Å². The van der Waals surface area contributed by atoms with E-state index in [1.807, 2.05) is 61.2 Å². The number of hydrogen-bond donors (Lipinski definition) is 2. The number of aliphatic hydroxyl groups excluding tert-OH is 1. The number of aliphatic hydroxyl groups is 1. The molecule has 2 fully saturated rings. The molecule has 3 heterocycles. The summed E-state index contributed by atoms with van der Waals surface area (Å²) >= 11 is 0. The van der Waals surface area contributed by atoms with Crippen molar-refractivity contribution in [2.75, 3.05) is 54.5 Å². The van der Waals surface area contributed by atoms with E-state index < -0.39 is 0 Å². The lowest BCUT2D eigenvalue weighted by Crippen LogP contribution is -2.38. The van der Waals surface area contributed by atoms with Crippen LogP contribution in [0.3, 0.4) is 0 Å². The van der Waals surface area contributed by atoms with Gasteiger partial charge in [0.15, 0.2) is 5.78 Å². The maximum absolute atomic E-state index is 13.0. The molecule has 2 aliphatic rings. The van der Waals surface area contributed by atoms with E-state index in [1.54, 1.807) is 0 Å². The largest absolute Gasteiger partial charge is 0.391 e. The van der Waals surface area contributed by atoms with Crippen molar-refractivity contribution in [3.8, 4) is 0 Å². The van der Waals surface area contributed by atoms with Gasteiger partial charge in [-0.1, -0.05) is 42.0 Å². The number of nitrogens with zero attached hydrogens (tertiary/aromatic N) is 5. The highest BCUT2D eigenvalue weighted by Crippen LogP contribution is 2.25. The number of rotatable bonds is 7. The average molecular weight is 489 g/mol. The molecule has 1 aromatic heterocycles. The van der Waals surface area contributed by atoms with Gasteiger partial charge in [-0.25, -0.2) is 0 Å². The van der Waals surface area contributed by atoms with Gasteiger partial charge in [0.1, 0.15) is 0 Å². The lowest BCUT2D eigenvalue weighted by molar-refractivity contribution is 0.0993. The van der Waals surface area contributed by atoms with Gasteiger partial charge in [0.05, 0.1) is 19.3 Å². The Bertz CT molecular complexity index is 1220. The Morgan fingerprint density at radius 1 is 1.03 bits per heavy atom. The molecule has 0 spiro atoms. The molecule has 0 bridgehead atoms. The van der Waals surface area contributed by atoms with E-state index in [-0.39, 0.29) is 11.9 Å². The summed E-state index contributed by atoms with van der Waals surface area (Å²) in [4.78, 5) is 31.2. The van der Waals surface area contributed by atoms with E-state index in [1.165, 1.54) is 0 Å². The molecule has 2 aliphatic heterocycles. The average Bonchev–Trinajstić information content (AvgIpc) is 3.32. The predicted molar refractivity (Wildman–Crippen MR) is 139 cm³/mol. The Labute approximate surface area is 211 Å². The quantitative estimate of drug-likeness (QED) is 0.486. The van der Waals surface area contributed by atoms with E-state index in [4.69, 9.17) is 14.7 Å². The molecule has 36 heavy (non-hydrogen) atoms. The summed E-state index contributed by atoms with van der Waals surface area (Å²) in [6.45, 7) is 7.84. The number of β-amino-alcohol motifs (C(OH)–C–C–N with tert-alkyl or cyclic N) is 1. The number of ketones is 1. The van der Waals surface area contributed by atoms with Gasteiger partial charge in [-0.05, 0) is 37.5 Å². The first-order chi connectivity index (χ1) is 17.4. The van der Waals surface area contributed by atoms with Crippen LogP contribution in [0.15, 0.2) is 42.5 Å². The molecule has 188 valence electrons. The van der Waals surface area contributed by atoms with E-state index in [0.29, 0.717) is 75.6 Å². The standard InChI is InChI=1S/C27H32N6O3/c1-18-4-3-5-20(14-18)15-24(35)21-7-6-19(2)23(16-21)28-25-29-26(32-10-12-36-13-11-32)31-27(30-25)33-9-8-22(34)17-33/h3-7,14,16,22,34H,8-13,15,17H2,1-2H3,(H,28,29,30,31)/t22-/m1/s1. The number of benzene rings is 2. The molecule has 2 aromatic carbocycles. The van der Waals surface area contributed by atoms with E-state index in [9.17, 15) is 9.90 Å². The van der Waals surface area contributed by atoms with Crippen molar-refractivity contribution in [2.45, 2.75) is 32.8 Å². The second-order valence-electron chi connectivity index (χ2n) is 9.49. The molecule has 9 nitrogen and oxygen atoms in total. The number of nitrogens with one attached hydrogen (secondary N) is 1. The van der Waals surface area contributed by atoms with Gasteiger partial charge >= 0.3 is 0 Å². The Morgan fingerprint density at radius 2 is 1.81 bits per heavy atom. The summed E-state index contributed by atoms with van der Waals surface area (Å²) in [5.41, 5.74) is 4.53. The van der Waals surface area contributed by atoms with Gasteiger partial charge in [-0.15, -0.1) is 0 Å². The number of carbonyl (C=O) groups excluding carboxylic acids is 1. The van der Waals surface area contributed by atoms with Gasteiger partial charge < -0.3 is 25.0 Å². The summed E-state index contributed by atoms with van der Waals surface area (Å²) in [5, 5.41) is 13.4. The summed E-state index contributed by atoms with van der Waals surface area (Å²) in [6, 6.07) is 13.7. The Morgan fingerprint density at radius 3 is 2.53 bits per heavy atom. The summed E-state index contributed by atoms with van der Waals surface area (Å²) < 4.78 is 5.49. The first-order valence-corrected chi connectivity index (χ1v) is 12.4. The van der Waals surface area contributed by atoms with Crippen molar-refractivity contribution < 1.29 is 14.6 Å². The van der Waals surface area contributed by atoms with Gasteiger partial charge in [0.2, 0.25) is 17.8 Å². The molecule has 0 radical (unpaired) electrons. The Kier molecular flexibility index (Phi) is 7.11. The monoisotopic (exact) mass is 488 g/mol. The van der Waals surface area contributed by atoms with Crippen LogP contribution < -0.4 is 15.1 Å². The molecule has 9 heteroatoms. The molecule has 1 atom stereocenters. The topological polar surface area (TPSA) is 104 Å². The highest BCUT2D eigenvalue weighted by Gasteiger charge is 2.25. The second-order valence-corrected chi connectivity index (χ2v) is 9.49. The molecule has 0 unspecified atom stereocenters. The van der Waals surface area contributed by atoms with Crippen LogP contribution in [-0.2, 0) is 11.2 Å². The molecule has 0 amide bonds. The van der Waals surface area contributed by atoms with Crippen molar-refractivity contribution in [3.05, 3.63) is 64.7 Å². The maximum Gasteiger partial charge on any atom is 0.233 e. The molecule has 3 aromatic rings. The highest BCUT2D eigenvalue weighted by molar-refractivity contribution is 5.98. The fourth-order valence-corrected chi connectivity index (χ4v) is 4.54. The zero-order valence-corrected chi connectivity index (χ0v) is 20.8. The number of aromatic nitrogens is 3. The third kappa shape index (κ3) is 5.63. The normalized spacial score (nSPS) is 17.9. The molecular formula is C27H32N6O3. The first-order valence-electron chi connectivity index (χ1n) is 12.4. The zero-order valence-electron chi connectivity index (χ0n) is 20.8. The van der Waals surface area contributed by atoms with Crippen LogP contribution in [0.1, 0.15) is 33.5 Å². The van der Waals surface area contributed by atoms with Gasteiger partial charge in [-0.3, -0.25) is 4.79 Å². The Balaban J connectivity index is 1.41. The number of carbonyl (C=O) groups is 1. The Hall–Kier alpha value is -3.56. The third-order valence-electron chi connectivity index (χ3n) is 6.61. The van der Waals surface area contributed by atoms with E-state index in [2.05, 4.69) is 15.2 Å². The minimum absolute atomic E-state index is 0.0556. The van der Waals surface area contributed by atoms with Gasteiger partial charge in [0, 0.05) is 43.9 Å². The van der Waals surface area contributed by atoms with Crippen molar-refractivity contribution in [1.82, 2.24) is 15.0 Å². The van der Waals surface area contributed by atoms with Crippen LogP contribution in [0.2, 0.25) is 0 Å². The summed E-state index contributed by atoms with van der Waals surface area (Å²) in [5.74, 6) is 1.58. The van der Waals surface area contributed by atoms with Crippen LogP contribution in [-0.4, -0.2) is 71.3 Å². The highest BCUT2D eigenvalue weighted by atomic mass is 16.5. The lowest BCUT2D eigenvalue weighted by Gasteiger charge is -2.28. The van der Waals surface area contributed by atoms with Crippen LogP contribution in [0.4, 0.5) is 23.5 Å². The molecular weight excluding hydrogens is 456 g/mol. The lowest BCUT2D eigenvalue weighted by atomic mass is 10.00. The zero-order chi connectivity index (χ0) is 25.1. The van der Waals surface area contributed by atoms with Crippen LogP contribution in [0.5, 0.6) is 0 Å². The first kappa shape index (κ1) is 24.1. The number of morpholine rings is 1. The van der Waals surface area contributed by atoms with Crippen LogP contribution >= 0.6 is 0 Å². The number of Topliss-reactive ketones (excluding diaryl/α,β-unsaturated/α-hetero) is 1. The SMILES string of the molecule is Cc1cccc(CC(=O)c2ccc(C)c(Nc3nc(N4CCOCC4)nc(N4CC[C@@H](O)C4)n3)c2)c1. The van der Waals surface area contributed by atoms with Gasteiger partial charge in [0.25, 0.3) is 0 Å². The number of hydrogen-bond acceptors (Lipinski definition) is 9. The second kappa shape index (κ2) is 10.6. The number of anilines is 4. The van der Waals surface area contributed by atoms with Crippen LogP contribution in [0.25, 0.3) is 0 Å². The number of ether oxygens (including phenoxy) is 1. The molecule has 2 saturated heterocycles. The van der Waals surface area contributed by atoms with E-state index >= 15 is 0 Å². The molecule has 0 aliphatic carbocycles. The fraction of sp³-hybridized carbons (Fsp3) is 0.407. The third-order valence-corrected chi connectivity index (χ3v) is 6.61.